The van der Waals surface area contributed by atoms with Gasteiger partial charge in [0.1, 0.15) is 17.7 Å². The largest absolute Gasteiger partial charge is 0.444 e. The van der Waals surface area contributed by atoms with Crippen molar-refractivity contribution < 1.29 is 23.9 Å². The van der Waals surface area contributed by atoms with Crippen molar-refractivity contribution in [2.45, 2.75) is 130 Å². The molecule has 2 unspecified atom stereocenters. The van der Waals surface area contributed by atoms with Crippen LogP contribution in [0.3, 0.4) is 0 Å². The molecular formula is C32H54N4O5. The van der Waals surface area contributed by atoms with Crippen LogP contribution in [0.25, 0.3) is 0 Å². The van der Waals surface area contributed by atoms with E-state index in [4.69, 9.17) is 10.5 Å². The van der Waals surface area contributed by atoms with E-state index in [9.17, 15) is 19.2 Å². The second kappa shape index (κ2) is 18.4. The molecule has 2 atom stereocenters. The van der Waals surface area contributed by atoms with Crippen LogP contribution < -0.4 is 16.4 Å². The highest BCUT2D eigenvalue weighted by molar-refractivity contribution is 5.94. The Hall–Kier alpha value is -3.10. The van der Waals surface area contributed by atoms with Gasteiger partial charge in [-0.25, -0.2) is 4.79 Å². The van der Waals surface area contributed by atoms with E-state index in [2.05, 4.69) is 24.5 Å². The summed E-state index contributed by atoms with van der Waals surface area (Å²) in [5.41, 5.74) is 7.21. The molecule has 0 saturated carbocycles. The van der Waals surface area contributed by atoms with Gasteiger partial charge in [0.25, 0.3) is 0 Å². The first-order chi connectivity index (χ1) is 19.3. The lowest BCUT2D eigenvalue weighted by atomic mass is 9.93. The Balaban J connectivity index is 3.51. The third-order valence-electron chi connectivity index (χ3n) is 6.89. The summed E-state index contributed by atoms with van der Waals surface area (Å²) in [5, 5.41) is 5.59. The van der Waals surface area contributed by atoms with Gasteiger partial charge in [-0.2, -0.15) is 0 Å². The number of unbranched alkanes of at least 4 members (excludes halogenated alkanes) is 7. The van der Waals surface area contributed by atoms with E-state index in [1.54, 1.807) is 20.8 Å². The molecular weight excluding hydrogens is 520 g/mol. The third-order valence-corrected chi connectivity index (χ3v) is 6.89. The average molecular weight is 575 g/mol. The predicted molar refractivity (Wildman–Crippen MR) is 163 cm³/mol. The van der Waals surface area contributed by atoms with Crippen LogP contribution in [0.1, 0.15) is 122 Å². The Morgan fingerprint density at radius 3 is 2.02 bits per heavy atom. The minimum absolute atomic E-state index is 0.284. The fourth-order valence-corrected chi connectivity index (χ4v) is 4.85. The number of carbonyl (C=O) groups excluding carboxylic acids is 4. The van der Waals surface area contributed by atoms with Crippen LogP contribution in [0.5, 0.6) is 0 Å². The van der Waals surface area contributed by atoms with Crippen molar-refractivity contribution in [2.75, 3.05) is 13.1 Å². The number of ether oxygens (including phenoxy) is 1. The first kappa shape index (κ1) is 35.9. The summed E-state index contributed by atoms with van der Waals surface area (Å²) in [5.74, 6) is -1.57. The number of primary amides is 1. The van der Waals surface area contributed by atoms with Gasteiger partial charge in [0.15, 0.2) is 0 Å². The van der Waals surface area contributed by atoms with E-state index >= 15 is 0 Å². The Morgan fingerprint density at radius 2 is 1.46 bits per heavy atom. The van der Waals surface area contributed by atoms with E-state index in [1.807, 2.05) is 32.0 Å². The van der Waals surface area contributed by atoms with Gasteiger partial charge in [-0.3, -0.25) is 14.4 Å². The predicted octanol–water partition coefficient (Wildman–Crippen LogP) is 5.61. The highest BCUT2D eigenvalue weighted by Crippen LogP contribution is 2.29. The van der Waals surface area contributed by atoms with Gasteiger partial charge in [-0.05, 0) is 64.2 Å². The molecule has 0 heterocycles. The van der Waals surface area contributed by atoms with E-state index < -0.39 is 42.0 Å². The molecule has 4 amide bonds. The maximum absolute atomic E-state index is 14.2. The van der Waals surface area contributed by atoms with Crippen molar-refractivity contribution >= 4 is 23.8 Å². The summed E-state index contributed by atoms with van der Waals surface area (Å²) in [6, 6.07) is 3.56. The van der Waals surface area contributed by atoms with Crippen LogP contribution in [0.4, 0.5) is 4.79 Å². The van der Waals surface area contributed by atoms with Gasteiger partial charge < -0.3 is 26.0 Å². The second-order valence-corrected chi connectivity index (χ2v) is 11.9. The first-order valence-corrected chi connectivity index (χ1v) is 15.2. The van der Waals surface area contributed by atoms with Crippen molar-refractivity contribution in [2.24, 2.45) is 5.73 Å². The Bertz CT molecular complexity index is 969. The molecule has 4 N–H and O–H groups in total. The van der Waals surface area contributed by atoms with Crippen molar-refractivity contribution in [3.05, 3.63) is 34.9 Å². The summed E-state index contributed by atoms with van der Waals surface area (Å²) in [4.78, 5) is 54.3. The van der Waals surface area contributed by atoms with E-state index in [-0.39, 0.29) is 12.5 Å². The number of nitrogens with one attached hydrogen (secondary N) is 2. The molecule has 9 nitrogen and oxygen atoms in total. The first-order valence-electron chi connectivity index (χ1n) is 15.2. The molecule has 0 aliphatic rings. The summed E-state index contributed by atoms with van der Waals surface area (Å²) in [6.07, 6.45) is 7.55. The monoisotopic (exact) mass is 574 g/mol. The number of amides is 4. The van der Waals surface area contributed by atoms with Gasteiger partial charge in [0.05, 0.1) is 6.42 Å². The topological polar surface area (TPSA) is 131 Å². The minimum atomic E-state index is -1.28. The van der Waals surface area contributed by atoms with E-state index in [0.29, 0.717) is 13.0 Å². The number of aryl methyl sites for hydroxylation is 2. The normalized spacial score (nSPS) is 12.8. The lowest BCUT2D eigenvalue weighted by Crippen LogP contribution is -2.54. The molecule has 232 valence electrons. The number of alkyl carbamates (subject to hydrolysis) is 1. The third kappa shape index (κ3) is 13.4. The number of rotatable bonds is 18. The quantitative estimate of drug-likeness (QED) is 0.196. The molecule has 0 spiro atoms. The number of hydrogen-bond acceptors (Lipinski definition) is 5. The molecule has 0 radical (unpaired) electrons. The molecule has 0 aliphatic heterocycles. The minimum Gasteiger partial charge on any atom is -0.444 e. The van der Waals surface area contributed by atoms with E-state index in [0.717, 1.165) is 68.1 Å². The number of carbonyl (C=O) groups is 4. The molecule has 41 heavy (non-hydrogen) atoms. The molecule has 1 aromatic rings. The summed E-state index contributed by atoms with van der Waals surface area (Å²) < 4.78 is 5.37. The van der Waals surface area contributed by atoms with Crippen molar-refractivity contribution in [1.82, 2.24) is 15.5 Å². The van der Waals surface area contributed by atoms with Crippen LogP contribution >= 0.6 is 0 Å². The highest BCUT2D eigenvalue weighted by Gasteiger charge is 2.37. The van der Waals surface area contributed by atoms with Gasteiger partial charge >= 0.3 is 6.09 Å². The average Bonchev–Trinajstić information content (AvgIpc) is 2.87. The van der Waals surface area contributed by atoms with Crippen LogP contribution in [-0.4, -0.2) is 53.4 Å². The number of hydrogen-bond donors (Lipinski definition) is 3. The molecule has 9 heteroatoms. The molecule has 1 aromatic carbocycles. The second-order valence-electron chi connectivity index (χ2n) is 11.9. The Morgan fingerprint density at radius 1 is 0.902 bits per heavy atom. The SMILES string of the molecule is CCCCCCCCN(C(=O)C(CC(N)=O)NC(=O)OC(C)(C)C)C(C(=O)NCCCCC)c1c(C)cccc1C. The molecule has 0 aliphatic carbocycles. The van der Waals surface area contributed by atoms with Gasteiger partial charge in [0.2, 0.25) is 17.7 Å². The van der Waals surface area contributed by atoms with Crippen molar-refractivity contribution in [1.29, 1.82) is 0 Å². The fourth-order valence-electron chi connectivity index (χ4n) is 4.85. The van der Waals surface area contributed by atoms with Crippen LogP contribution in [0, 0.1) is 13.8 Å². The zero-order valence-corrected chi connectivity index (χ0v) is 26.4. The van der Waals surface area contributed by atoms with E-state index in [1.165, 1.54) is 4.90 Å². The molecule has 0 bridgehead atoms. The number of nitrogens with zero attached hydrogens (tertiary/aromatic N) is 1. The maximum atomic E-state index is 14.2. The van der Waals surface area contributed by atoms with Crippen molar-refractivity contribution in [3.8, 4) is 0 Å². The standard InChI is InChI=1S/C32H54N4O5/c1-8-10-12-13-14-16-21-36(30(39)25(22-26(33)37)35-31(40)41-32(5,6)7)28(29(38)34-20-15-11-9-2)27-23(3)18-17-19-24(27)4/h17-19,25,28H,8-16,20-22H2,1-7H3,(H2,33,37)(H,34,38)(H,35,40). The number of benzene rings is 1. The Kier molecular flexibility index (Phi) is 16.1. The van der Waals surface area contributed by atoms with Crippen molar-refractivity contribution in [3.63, 3.8) is 0 Å². The zero-order valence-electron chi connectivity index (χ0n) is 26.4. The van der Waals surface area contributed by atoms with Crippen LogP contribution in [0.2, 0.25) is 0 Å². The van der Waals surface area contributed by atoms with Crippen LogP contribution in [-0.2, 0) is 19.1 Å². The molecule has 0 aromatic heterocycles. The lowest BCUT2D eigenvalue weighted by molar-refractivity contribution is -0.143. The fraction of sp³-hybridized carbons (Fsp3) is 0.688. The van der Waals surface area contributed by atoms with Gasteiger partial charge in [0, 0.05) is 13.1 Å². The molecule has 0 fully saturated rings. The van der Waals surface area contributed by atoms with Crippen LogP contribution in [0.15, 0.2) is 18.2 Å². The zero-order chi connectivity index (χ0) is 31.0. The summed E-state index contributed by atoms with van der Waals surface area (Å²) >= 11 is 0. The Labute approximate surface area is 247 Å². The highest BCUT2D eigenvalue weighted by atomic mass is 16.6. The van der Waals surface area contributed by atoms with Gasteiger partial charge in [-0.1, -0.05) is 77.0 Å². The maximum Gasteiger partial charge on any atom is 0.408 e. The summed E-state index contributed by atoms with van der Waals surface area (Å²) in [6.45, 7) is 14.0. The smallest absolute Gasteiger partial charge is 0.408 e. The molecule has 0 saturated heterocycles. The summed E-state index contributed by atoms with van der Waals surface area (Å²) in [7, 11) is 0. The number of nitrogens with two attached hydrogens (primary N) is 1. The lowest BCUT2D eigenvalue weighted by Gasteiger charge is -2.35. The van der Waals surface area contributed by atoms with Gasteiger partial charge in [-0.15, -0.1) is 0 Å². The molecule has 1 rings (SSSR count).